The van der Waals surface area contributed by atoms with Gasteiger partial charge in [0.1, 0.15) is 11.8 Å². The van der Waals surface area contributed by atoms with Crippen LogP contribution in [0.15, 0.2) is 48.5 Å². The van der Waals surface area contributed by atoms with E-state index in [0.29, 0.717) is 29.5 Å². The Bertz CT molecular complexity index is 1440. The predicted molar refractivity (Wildman–Crippen MR) is 143 cm³/mol. The SMILES string of the molecule is CCC(Oc1nc(Oc2cc(CNC(=O)[C@@H]3CSC(=O)N3)cc(-c3cccc(CN)c3)c2)c(F)cc1F)C(=O)O. The number of hydrogen-bond donors (Lipinski definition) is 4. The molecule has 2 atom stereocenters. The smallest absolute Gasteiger partial charge is 0.344 e. The number of carbonyl (C=O) groups is 3. The van der Waals surface area contributed by atoms with E-state index in [-0.39, 0.29) is 29.9 Å². The minimum Gasteiger partial charge on any atom is -0.479 e. The zero-order valence-corrected chi connectivity index (χ0v) is 22.1. The zero-order chi connectivity index (χ0) is 28.8. The molecule has 2 heterocycles. The molecule has 1 aliphatic rings. The first-order chi connectivity index (χ1) is 19.2. The molecule has 4 rings (SSSR count). The molecule has 40 heavy (non-hydrogen) atoms. The van der Waals surface area contributed by atoms with E-state index in [1.54, 1.807) is 12.1 Å². The number of carboxylic acid groups (broad SMARTS) is 1. The van der Waals surface area contributed by atoms with Crippen molar-refractivity contribution in [2.24, 2.45) is 5.73 Å². The first kappa shape index (κ1) is 28.8. The molecule has 1 aromatic heterocycles. The quantitative estimate of drug-likeness (QED) is 0.267. The average Bonchev–Trinajstić information content (AvgIpc) is 3.38. The summed E-state index contributed by atoms with van der Waals surface area (Å²) >= 11 is 1.02. The van der Waals surface area contributed by atoms with Crippen molar-refractivity contribution in [3.63, 3.8) is 0 Å². The molecule has 1 fully saturated rings. The molecule has 0 bridgehead atoms. The van der Waals surface area contributed by atoms with Gasteiger partial charge in [-0.25, -0.2) is 13.6 Å². The lowest BCUT2D eigenvalue weighted by Gasteiger charge is -2.16. The summed E-state index contributed by atoms with van der Waals surface area (Å²) in [7, 11) is 0. The highest BCUT2D eigenvalue weighted by Crippen LogP contribution is 2.32. The Labute approximate surface area is 232 Å². The van der Waals surface area contributed by atoms with Crippen molar-refractivity contribution in [1.29, 1.82) is 0 Å². The number of nitrogens with two attached hydrogens (primary N) is 1. The first-order valence-electron chi connectivity index (χ1n) is 12.2. The van der Waals surface area contributed by atoms with Crippen molar-refractivity contribution in [3.05, 3.63) is 71.3 Å². The van der Waals surface area contributed by atoms with E-state index in [4.69, 9.17) is 15.2 Å². The van der Waals surface area contributed by atoms with Gasteiger partial charge in [0, 0.05) is 24.9 Å². The molecule has 10 nitrogen and oxygen atoms in total. The molecular weight excluding hydrogens is 546 g/mol. The third kappa shape index (κ3) is 7.04. The van der Waals surface area contributed by atoms with Crippen molar-refractivity contribution >= 4 is 28.9 Å². The Morgan fingerprint density at radius 2 is 1.90 bits per heavy atom. The van der Waals surface area contributed by atoms with Crippen LogP contribution in [0, 0.1) is 11.6 Å². The molecular formula is C27H26F2N4O6S. The number of carboxylic acids is 1. The second-order valence-electron chi connectivity index (χ2n) is 8.80. The molecule has 1 unspecified atom stereocenters. The number of benzene rings is 2. The normalized spacial score (nSPS) is 15.3. The molecule has 2 aromatic carbocycles. The van der Waals surface area contributed by atoms with Crippen LogP contribution >= 0.6 is 11.8 Å². The third-order valence-corrected chi connectivity index (χ3v) is 6.78. The first-order valence-corrected chi connectivity index (χ1v) is 13.2. The standard InChI is InChI=1S/C27H26F2N4O6S/c1-2-22(26(35)36)39-25-20(29)10-19(28)24(33-25)38-18-8-15(12-31-23(34)21-13-40-27(37)32-21)7-17(9-18)16-5-3-4-14(6-16)11-30/h3-10,21-22H,2,11-13,30H2,1H3,(H,31,34)(H,32,37)(H,35,36)/t21-,22?/m0/s1. The van der Waals surface area contributed by atoms with E-state index in [2.05, 4.69) is 15.6 Å². The summed E-state index contributed by atoms with van der Waals surface area (Å²) in [6.45, 7) is 1.89. The molecule has 2 amide bonds. The Kier molecular flexibility index (Phi) is 9.17. The van der Waals surface area contributed by atoms with Crippen LogP contribution < -0.4 is 25.8 Å². The molecule has 0 aliphatic carbocycles. The number of amides is 2. The summed E-state index contributed by atoms with van der Waals surface area (Å²) in [5.41, 5.74) is 8.64. The molecule has 1 aliphatic heterocycles. The lowest BCUT2D eigenvalue weighted by Crippen LogP contribution is -2.42. The van der Waals surface area contributed by atoms with Crippen LogP contribution in [0.4, 0.5) is 13.6 Å². The highest BCUT2D eigenvalue weighted by Gasteiger charge is 2.28. The van der Waals surface area contributed by atoms with E-state index in [0.717, 1.165) is 22.9 Å². The van der Waals surface area contributed by atoms with Gasteiger partial charge in [0.15, 0.2) is 17.7 Å². The lowest BCUT2D eigenvalue weighted by atomic mass is 10.0. The number of nitrogens with one attached hydrogen (secondary N) is 2. The predicted octanol–water partition coefficient (Wildman–Crippen LogP) is 3.96. The number of ether oxygens (including phenoxy) is 2. The summed E-state index contributed by atoms with van der Waals surface area (Å²) in [5, 5.41) is 14.3. The number of thioether (sulfide) groups is 1. The van der Waals surface area contributed by atoms with Crippen molar-refractivity contribution in [3.8, 4) is 28.6 Å². The van der Waals surface area contributed by atoms with Gasteiger partial charge in [0.2, 0.25) is 5.91 Å². The summed E-state index contributed by atoms with van der Waals surface area (Å²) in [5.74, 6) is -4.94. The number of aromatic nitrogens is 1. The average molecular weight is 573 g/mol. The number of nitrogens with zero attached hydrogens (tertiary/aromatic N) is 1. The van der Waals surface area contributed by atoms with Crippen molar-refractivity contribution in [2.75, 3.05) is 5.75 Å². The van der Waals surface area contributed by atoms with Gasteiger partial charge >= 0.3 is 5.97 Å². The summed E-state index contributed by atoms with van der Waals surface area (Å²) in [4.78, 5) is 39.0. The second kappa shape index (κ2) is 12.7. The monoisotopic (exact) mass is 572 g/mol. The maximum absolute atomic E-state index is 14.7. The minimum atomic E-state index is -1.39. The fourth-order valence-electron chi connectivity index (χ4n) is 3.85. The van der Waals surface area contributed by atoms with Gasteiger partial charge in [0.25, 0.3) is 17.0 Å². The van der Waals surface area contributed by atoms with Crippen LogP contribution in [0.25, 0.3) is 11.1 Å². The Balaban J connectivity index is 1.65. The zero-order valence-electron chi connectivity index (χ0n) is 21.3. The van der Waals surface area contributed by atoms with Crippen molar-refractivity contribution < 1.29 is 37.7 Å². The molecule has 5 N–H and O–H groups in total. The molecule has 0 radical (unpaired) electrons. The topological polar surface area (TPSA) is 153 Å². The minimum absolute atomic E-state index is 0.0201. The van der Waals surface area contributed by atoms with Gasteiger partial charge in [-0.1, -0.05) is 36.9 Å². The summed E-state index contributed by atoms with van der Waals surface area (Å²) in [6, 6.07) is 12.2. The maximum Gasteiger partial charge on any atom is 0.344 e. The van der Waals surface area contributed by atoms with Crippen LogP contribution in [-0.4, -0.2) is 45.1 Å². The molecule has 0 spiro atoms. The van der Waals surface area contributed by atoms with Gasteiger partial charge in [-0.15, -0.1) is 0 Å². The van der Waals surface area contributed by atoms with Crippen molar-refractivity contribution in [2.45, 2.75) is 38.6 Å². The van der Waals surface area contributed by atoms with Crippen LogP contribution in [0.2, 0.25) is 0 Å². The lowest BCUT2D eigenvalue weighted by molar-refractivity contribution is -0.145. The Hall–Kier alpha value is -4.23. The van der Waals surface area contributed by atoms with Crippen LogP contribution in [0.3, 0.4) is 0 Å². The number of carbonyl (C=O) groups excluding carboxylic acids is 2. The Morgan fingerprint density at radius 3 is 2.58 bits per heavy atom. The van der Waals surface area contributed by atoms with E-state index < -0.39 is 41.5 Å². The fourth-order valence-corrected chi connectivity index (χ4v) is 4.63. The van der Waals surface area contributed by atoms with Gasteiger partial charge in [-0.05, 0) is 52.9 Å². The highest BCUT2D eigenvalue weighted by atomic mass is 32.2. The number of pyridine rings is 1. The van der Waals surface area contributed by atoms with E-state index in [9.17, 15) is 28.3 Å². The van der Waals surface area contributed by atoms with Crippen LogP contribution in [0.5, 0.6) is 17.5 Å². The van der Waals surface area contributed by atoms with Gasteiger partial charge in [-0.2, -0.15) is 4.98 Å². The number of rotatable bonds is 11. The number of aliphatic carboxylic acids is 1. The molecule has 1 saturated heterocycles. The third-order valence-electron chi connectivity index (χ3n) is 5.90. The van der Waals surface area contributed by atoms with Crippen LogP contribution in [-0.2, 0) is 22.7 Å². The van der Waals surface area contributed by atoms with E-state index in [1.165, 1.54) is 13.0 Å². The van der Waals surface area contributed by atoms with E-state index in [1.807, 2.05) is 24.3 Å². The highest BCUT2D eigenvalue weighted by molar-refractivity contribution is 8.14. The Morgan fingerprint density at radius 1 is 1.15 bits per heavy atom. The van der Waals surface area contributed by atoms with Gasteiger partial charge in [-0.3, -0.25) is 9.59 Å². The van der Waals surface area contributed by atoms with Gasteiger partial charge in [0.05, 0.1) is 0 Å². The molecule has 13 heteroatoms. The van der Waals surface area contributed by atoms with Gasteiger partial charge < -0.3 is 30.9 Å². The summed E-state index contributed by atoms with van der Waals surface area (Å²) < 4.78 is 39.8. The molecule has 210 valence electrons. The van der Waals surface area contributed by atoms with Crippen molar-refractivity contribution in [1.82, 2.24) is 15.6 Å². The largest absolute Gasteiger partial charge is 0.479 e. The fraction of sp³-hybridized carbons (Fsp3) is 0.259. The van der Waals surface area contributed by atoms with E-state index >= 15 is 0 Å². The number of halogens is 2. The molecule has 0 saturated carbocycles. The second-order valence-corrected chi connectivity index (χ2v) is 9.79. The number of hydrogen-bond acceptors (Lipinski definition) is 8. The summed E-state index contributed by atoms with van der Waals surface area (Å²) in [6.07, 6.45) is -1.37. The van der Waals surface area contributed by atoms with Crippen LogP contribution in [0.1, 0.15) is 24.5 Å². The molecule has 3 aromatic rings. The maximum atomic E-state index is 14.7.